The number of aromatic nitrogens is 2. The fraction of sp³-hybridized carbons (Fsp3) is 0.556. The van der Waals surface area contributed by atoms with Crippen molar-refractivity contribution in [1.29, 1.82) is 0 Å². The van der Waals surface area contributed by atoms with Gasteiger partial charge in [0.05, 0.1) is 0 Å². The molecule has 5 heteroatoms. The van der Waals surface area contributed by atoms with Crippen LogP contribution in [0, 0.1) is 0 Å². The first kappa shape index (κ1) is 22.4. The minimum absolute atomic E-state index is 0.168. The standard InChI is InChI=1S/C31H37N2P2.C5H5.Fe/c1-29(2,3)35(30(4,5)6)22-25-20-24(23-14-8-7-9-15-23)21-26(25)31(34,27-16-10-12-18-32-27)28-17-11-13-19-33-28;1-2-4-5-3-1;/h7-21H,22,34H2,1-6H3;1-5H;. The van der Waals surface area contributed by atoms with Crippen LogP contribution in [0.2, 0.25) is 42.3 Å². The van der Waals surface area contributed by atoms with Crippen molar-refractivity contribution in [1.82, 2.24) is 9.97 Å². The van der Waals surface area contributed by atoms with Crippen molar-refractivity contribution in [3.8, 4) is 0 Å². The van der Waals surface area contributed by atoms with E-state index in [2.05, 4.69) is 130 Å². The summed E-state index contributed by atoms with van der Waals surface area (Å²) in [6.07, 6.45) is 5.67. The summed E-state index contributed by atoms with van der Waals surface area (Å²) in [6.45, 7) is 11.2. The van der Waals surface area contributed by atoms with Gasteiger partial charge in [0.2, 0.25) is 0 Å². The Hall–Kier alpha value is -1.10. The molecule has 3 aromatic rings. The molecule has 10 fully saturated rings. The number of fused-ring (bicyclic) bond motifs is 10. The quantitative estimate of drug-likeness (QED) is 0.203. The van der Waals surface area contributed by atoms with Gasteiger partial charge in [0.1, 0.15) is 0 Å². The summed E-state index contributed by atoms with van der Waals surface area (Å²) in [5.41, 5.74) is 4.40. The predicted octanol–water partition coefficient (Wildman–Crippen LogP) is 9.91. The van der Waals surface area contributed by atoms with Crippen LogP contribution >= 0.6 is 17.2 Å². The fourth-order valence-corrected chi connectivity index (χ4v) is 113. The third-order valence-electron chi connectivity index (χ3n) is 21.2. The van der Waals surface area contributed by atoms with E-state index in [1.165, 1.54) is 17.5 Å². The summed E-state index contributed by atoms with van der Waals surface area (Å²) >= 11 is 0. The van der Waals surface area contributed by atoms with Gasteiger partial charge in [-0.1, -0.05) is 0 Å². The summed E-state index contributed by atoms with van der Waals surface area (Å²) in [6, 6.07) is 25.7. The zero-order chi connectivity index (χ0) is 28.0. The molecule has 0 saturated carbocycles. The van der Waals surface area contributed by atoms with Crippen LogP contribution in [0.4, 0.5) is 0 Å². The number of hydrogen-bond donors (Lipinski definition) is 0. The van der Waals surface area contributed by atoms with Crippen LogP contribution in [-0.4, -0.2) is 26.4 Å². The second-order valence-corrected chi connectivity index (χ2v) is 47.2. The van der Waals surface area contributed by atoms with E-state index in [9.17, 15) is 0 Å². The first-order chi connectivity index (χ1) is 19.2. The molecule has 0 bridgehead atoms. The zero-order valence-electron chi connectivity index (χ0n) is 25.0. The fourth-order valence-electron chi connectivity index (χ4n) is 23.9. The molecular formula is C36H42FeN2P2. The summed E-state index contributed by atoms with van der Waals surface area (Å²) < 4.78 is 1.65. The molecule has 214 valence electrons. The Labute approximate surface area is 238 Å². The van der Waals surface area contributed by atoms with Crippen LogP contribution in [0.1, 0.15) is 58.5 Å². The number of hydrogen-bond acceptors (Lipinski definition) is 2. The maximum absolute atomic E-state index is 5.29. The molecule has 2 nitrogen and oxygen atoms in total. The number of nitrogens with zero attached hydrogens (tertiary/aromatic N) is 2. The molecule has 13 rings (SSSR count). The minimum atomic E-state index is -4.32. The molecule has 12 heterocycles. The van der Waals surface area contributed by atoms with Gasteiger partial charge in [-0.25, -0.2) is 0 Å². The van der Waals surface area contributed by atoms with Gasteiger partial charge >= 0.3 is 240 Å². The third kappa shape index (κ3) is 0.562. The Morgan fingerprint density at radius 2 is 1.20 bits per heavy atom. The van der Waals surface area contributed by atoms with Crippen molar-refractivity contribution < 1.29 is 6.51 Å². The van der Waals surface area contributed by atoms with Crippen LogP contribution < -0.4 is 0 Å². The van der Waals surface area contributed by atoms with E-state index >= 15 is 0 Å². The van der Waals surface area contributed by atoms with Crippen molar-refractivity contribution in [2.24, 2.45) is 0 Å². The zero-order valence-corrected chi connectivity index (χ0v) is 28.2. The van der Waals surface area contributed by atoms with Gasteiger partial charge in [0.15, 0.2) is 0 Å². The van der Waals surface area contributed by atoms with Gasteiger partial charge in [-0.05, 0) is 0 Å². The van der Waals surface area contributed by atoms with Gasteiger partial charge in [0, 0.05) is 0 Å². The Kier molecular flexibility index (Phi) is 1.84. The van der Waals surface area contributed by atoms with E-state index < -0.39 is 6.51 Å². The molecule has 0 amide bonds. The molecule has 1 spiro atoms. The molecule has 0 aliphatic carbocycles. The molecule has 10 saturated heterocycles. The van der Waals surface area contributed by atoms with Crippen LogP contribution in [0.25, 0.3) is 0 Å². The van der Waals surface area contributed by atoms with E-state index in [1.54, 1.807) is 5.56 Å². The summed E-state index contributed by atoms with van der Waals surface area (Å²) in [5, 5.41) is 0.545. The molecule has 10 aliphatic heterocycles. The average molecular weight is 621 g/mol. The molecule has 1 aromatic carbocycles. The van der Waals surface area contributed by atoms with Gasteiger partial charge in [0.25, 0.3) is 0 Å². The maximum atomic E-state index is 5.29. The molecular weight excluding hydrogens is 578 g/mol. The molecule has 10 aliphatic rings. The summed E-state index contributed by atoms with van der Waals surface area (Å²) in [7, 11) is 3.46. The van der Waals surface area contributed by atoms with Gasteiger partial charge < -0.3 is 0 Å². The van der Waals surface area contributed by atoms with Crippen molar-refractivity contribution in [2.75, 3.05) is 6.16 Å². The molecule has 6 atom stereocenters. The Bertz CT molecular complexity index is 2120. The van der Waals surface area contributed by atoms with E-state index in [0.29, 0.717) is 23.3 Å². The van der Waals surface area contributed by atoms with E-state index in [0.717, 1.165) is 33.7 Å². The van der Waals surface area contributed by atoms with E-state index in [-0.39, 0.29) is 13.1 Å². The van der Waals surface area contributed by atoms with E-state index in [4.69, 9.17) is 9.97 Å². The van der Waals surface area contributed by atoms with Crippen molar-refractivity contribution in [2.45, 2.75) is 104 Å². The van der Waals surface area contributed by atoms with Crippen molar-refractivity contribution in [3.63, 3.8) is 0 Å². The number of benzene rings is 1. The normalized spacial score (nSPS) is 61.2. The molecule has 0 radical (unpaired) electrons. The van der Waals surface area contributed by atoms with Crippen molar-refractivity contribution >= 4 is 17.2 Å². The van der Waals surface area contributed by atoms with Gasteiger partial charge in [-0.15, -0.1) is 0 Å². The number of rotatable bonds is 6. The third-order valence-corrected chi connectivity index (χ3v) is 70.8. The molecule has 41 heavy (non-hydrogen) atoms. The average Bonchev–Trinajstić information content (AvgIpc) is 3.90. The van der Waals surface area contributed by atoms with Crippen LogP contribution in [0.3, 0.4) is 0 Å². The topological polar surface area (TPSA) is 25.8 Å². The first-order valence-corrected chi connectivity index (χ1v) is 24.1. The van der Waals surface area contributed by atoms with Crippen LogP contribution in [0.15, 0.2) is 79.1 Å². The number of pyridine rings is 2. The molecule has 6 unspecified atom stereocenters. The second kappa shape index (κ2) is 3.36. The molecule has 2 aromatic heterocycles. The summed E-state index contributed by atoms with van der Waals surface area (Å²) in [4.78, 5) is 18.4. The van der Waals surface area contributed by atoms with Crippen molar-refractivity contribution in [3.05, 3.63) is 96.1 Å². The predicted molar refractivity (Wildman–Crippen MR) is 170 cm³/mol. The van der Waals surface area contributed by atoms with Gasteiger partial charge in [-0.2, -0.15) is 0 Å². The van der Waals surface area contributed by atoms with Crippen LogP contribution in [0.5, 0.6) is 0 Å². The Morgan fingerprint density at radius 1 is 0.707 bits per heavy atom. The second-order valence-electron chi connectivity index (χ2n) is 19.5. The SMILES string of the molecule is CC(C)(C)P(C[C]12[CH]3[C]4(c5ccccc5)[CH]5[C]1(C(P)(c1ccccn1)c1ccccn1)[Fe]35421678[CH]2[CH]1[CH]6[CH]7[CH]28)C(C)(C)C. The first-order valence-electron chi connectivity index (χ1n) is 15.9. The Morgan fingerprint density at radius 3 is 1.61 bits per heavy atom. The molecule has 0 N–H and O–H groups in total. The van der Waals surface area contributed by atoms with Gasteiger partial charge in [-0.3, -0.25) is 0 Å². The monoisotopic (exact) mass is 620 g/mol. The summed E-state index contributed by atoms with van der Waals surface area (Å²) in [5.74, 6) is 0. The van der Waals surface area contributed by atoms with E-state index in [1.807, 2.05) is 0 Å². The van der Waals surface area contributed by atoms with Crippen LogP contribution in [-0.2, 0) is 16.0 Å². The Balaban J connectivity index is 1.19.